The average Bonchev–Trinajstić information content (AvgIpc) is 2.85. The van der Waals surface area contributed by atoms with E-state index in [1.807, 2.05) is 61.5 Å². The fourth-order valence-electron chi connectivity index (χ4n) is 3.72. The number of para-hydroxylation sites is 1. The molecular formula is C30H27FO5. The maximum absolute atomic E-state index is 14.5. The molecular weight excluding hydrogens is 459 g/mol. The number of aliphatic carboxylic acids is 1. The highest BCUT2D eigenvalue weighted by atomic mass is 19.1. The second-order valence-corrected chi connectivity index (χ2v) is 8.36. The van der Waals surface area contributed by atoms with Crippen molar-refractivity contribution in [2.24, 2.45) is 0 Å². The number of ether oxygens (including phenoxy) is 3. The summed E-state index contributed by atoms with van der Waals surface area (Å²) in [5.41, 5.74) is 2.91. The second-order valence-electron chi connectivity index (χ2n) is 8.36. The molecule has 0 aliphatic rings. The van der Waals surface area contributed by atoms with Crippen LogP contribution in [0.25, 0.3) is 0 Å². The van der Waals surface area contributed by atoms with Crippen molar-refractivity contribution in [2.75, 3.05) is 0 Å². The molecule has 0 atom stereocenters. The minimum Gasteiger partial charge on any atom is -0.481 e. The summed E-state index contributed by atoms with van der Waals surface area (Å²) < 4.78 is 32.5. The molecule has 0 heterocycles. The summed E-state index contributed by atoms with van der Waals surface area (Å²) in [5.74, 6) is 1.35. The zero-order valence-electron chi connectivity index (χ0n) is 20.2. The summed E-state index contributed by atoms with van der Waals surface area (Å²) in [5, 5.41) is 8.91. The Bertz CT molecular complexity index is 1350. The van der Waals surface area contributed by atoms with Crippen LogP contribution in [0, 0.1) is 12.7 Å². The van der Waals surface area contributed by atoms with Crippen molar-refractivity contribution in [3.05, 3.63) is 107 Å². The summed E-state index contributed by atoms with van der Waals surface area (Å²) in [6.45, 7) is 3.94. The lowest BCUT2D eigenvalue weighted by molar-refractivity contribution is -0.136. The fraction of sp³-hybridized carbons (Fsp3) is 0.167. The van der Waals surface area contributed by atoms with Crippen LogP contribution in [0.4, 0.5) is 4.39 Å². The van der Waals surface area contributed by atoms with Crippen LogP contribution in [-0.2, 0) is 17.6 Å². The number of aryl methyl sites for hydroxylation is 3. The van der Waals surface area contributed by atoms with Crippen LogP contribution in [0.3, 0.4) is 0 Å². The van der Waals surface area contributed by atoms with Gasteiger partial charge >= 0.3 is 5.97 Å². The van der Waals surface area contributed by atoms with Crippen LogP contribution in [0.5, 0.6) is 34.5 Å². The van der Waals surface area contributed by atoms with Gasteiger partial charge in [-0.15, -0.1) is 0 Å². The first-order chi connectivity index (χ1) is 17.4. The number of hydrogen-bond acceptors (Lipinski definition) is 4. The van der Waals surface area contributed by atoms with Crippen LogP contribution in [-0.4, -0.2) is 11.1 Å². The molecule has 0 saturated heterocycles. The van der Waals surface area contributed by atoms with Gasteiger partial charge in [0.15, 0.2) is 11.5 Å². The molecule has 0 aliphatic heterocycles. The number of rotatable bonds is 10. The van der Waals surface area contributed by atoms with Crippen molar-refractivity contribution in [1.82, 2.24) is 0 Å². The summed E-state index contributed by atoms with van der Waals surface area (Å²) >= 11 is 0. The van der Waals surface area contributed by atoms with E-state index >= 15 is 0 Å². The van der Waals surface area contributed by atoms with E-state index in [9.17, 15) is 9.18 Å². The lowest BCUT2D eigenvalue weighted by atomic mass is 10.0. The highest BCUT2D eigenvalue weighted by Gasteiger charge is 2.12. The third kappa shape index (κ3) is 6.63. The van der Waals surface area contributed by atoms with Gasteiger partial charge in [0.05, 0.1) is 0 Å². The quantitative estimate of drug-likeness (QED) is 0.245. The Labute approximate surface area is 209 Å². The monoisotopic (exact) mass is 486 g/mol. The maximum Gasteiger partial charge on any atom is 0.303 e. The first-order valence-corrected chi connectivity index (χ1v) is 11.7. The molecule has 1 N–H and O–H groups in total. The molecule has 36 heavy (non-hydrogen) atoms. The van der Waals surface area contributed by atoms with Crippen LogP contribution in [0.2, 0.25) is 0 Å². The molecule has 184 valence electrons. The number of halogens is 1. The number of carboxylic acids is 1. The Morgan fingerprint density at radius 2 is 1.50 bits per heavy atom. The number of carbonyl (C=O) groups is 1. The first-order valence-electron chi connectivity index (χ1n) is 11.7. The Morgan fingerprint density at radius 1 is 0.778 bits per heavy atom. The molecule has 0 aromatic heterocycles. The molecule has 4 aromatic rings. The Kier molecular flexibility index (Phi) is 7.85. The minimum atomic E-state index is -0.844. The first kappa shape index (κ1) is 24.8. The van der Waals surface area contributed by atoms with Gasteiger partial charge in [-0.3, -0.25) is 4.79 Å². The van der Waals surface area contributed by atoms with Gasteiger partial charge in [-0.2, -0.15) is 0 Å². The highest BCUT2D eigenvalue weighted by Crippen LogP contribution is 2.37. The van der Waals surface area contributed by atoms with Gasteiger partial charge in [-0.25, -0.2) is 4.39 Å². The molecule has 0 aliphatic carbocycles. The Morgan fingerprint density at radius 3 is 2.19 bits per heavy atom. The molecule has 0 radical (unpaired) electrons. The SMILES string of the molecule is CCc1ccc(Oc2cc(F)cc(Oc3ccc(CCC(=O)O)c(C)c3)c2)c(Oc2ccccc2)c1. The molecule has 4 rings (SSSR count). The molecule has 4 aromatic carbocycles. The van der Waals surface area contributed by atoms with E-state index in [4.69, 9.17) is 19.3 Å². The van der Waals surface area contributed by atoms with Gasteiger partial charge < -0.3 is 19.3 Å². The Balaban J connectivity index is 1.55. The normalized spacial score (nSPS) is 10.6. The van der Waals surface area contributed by atoms with Crippen molar-refractivity contribution < 1.29 is 28.5 Å². The smallest absolute Gasteiger partial charge is 0.303 e. The van der Waals surface area contributed by atoms with Crippen LogP contribution in [0.1, 0.15) is 30.0 Å². The number of hydrogen-bond donors (Lipinski definition) is 1. The largest absolute Gasteiger partial charge is 0.481 e. The lowest BCUT2D eigenvalue weighted by Crippen LogP contribution is -1.99. The summed E-state index contributed by atoms with van der Waals surface area (Å²) in [6, 6.07) is 24.6. The van der Waals surface area contributed by atoms with Crippen LogP contribution >= 0.6 is 0 Å². The summed E-state index contributed by atoms with van der Waals surface area (Å²) in [6.07, 6.45) is 1.32. The third-order valence-corrected chi connectivity index (χ3v) is 5.62. The van der Waals surface area contributed by atoms with Gasteiger partial charge in [0.1, 0.15) is 28.8 Å². The summed E-state index contributed by atoms with van der Waals surface area (Å²) in [4.78, 5) is 10.9. The van der Waals surface area contributed by atoms with Gasteiger partial charge in [0.2, 0.25) is 0 Å². The molecule has 5 nitrogen and oxygen atoms in total. The second kappa shape index (κ2) is 11.4. The molecule has 0 saturated carbocycles. The predicted octanol–water partition coefficient (Wildman–Crippen LogP) is 8.09. The minimum absolute atomic E-state index is 0.0564. The molecule has 0 spiro atoms. The predicted molar refractivity (Wildman–Crippen MR) is 136 cm³/mol. The van der Waals surface area contributed by atoms with E-state index < -0.39 is 11.8 Å². The third-order valence-electron chi connectivity index (χ3n) is 5.62. The number of carboxylic acid groups (broad SMARTS) is 1. The highest BCUT2D eigenvalue weighted by molar-refractivity contribution is 5.67. The topological polar surface area (TPSA) is 65.0 Å². The maximum atomic E-state index is 14.5. The van der Waals surface area contributed by atoms with Crippen molar-refractivity contribution in [2.45, 2.75) is 33.1 Å². The van der Waals surface area contributed by atoms with E-state index in [-0.39, 0.29) is 17.9 Å². The number of benzene rings is 4. The molecule has 0 amide bonds. The molecule has 6 heteroatoms. The lowest BCUT2D eigenvalue weighted by Gasteiger charge is -2.15. The average molecular weight is 487 g/mol. The molecule has 0 fully saturated rings. The van der Waals surface area contributed by atoms with Crippen molar-refractivity contribution in [3.8, 4) is 34.5 Å². The molecule has 0 unspecified atom stereocenters. The van der Waals surface area contributed by atoms with E-state index in [1.165, 1.54) is 12.1 Å². The van der Waals surface area contributed by atoms with Crippen molar-refractivity contribution in [3.63, 3.8) is 0 Å². The van der Waals surface area contributed by atoms with Crippen LogP contribution < -0.4 is 14.2 Å². The van der Waals surface area contributed by atoms with Crippen LogP contribution in [0.15, 0.2) is 84.9 Å². The van der Waals surface area contributed by atoms with E-state index in [0.717, 1.165) is 23.1 Å². The zero-order valence-corrected chi connectivity index (χ0v) is 20.2. The van der Waals surface area contributed by atoms with E-state index in [1.54, 1.807) is 18.2 Å². The van der Waals surface area contributed by atoms with Crippen molar-refractivity contribution in [1.29, 1.82) is 0 Å². The van der Waals surface area contributed by atoms with Crippen molar-refractivity contribution >= 4 is 5.97 Å². The zero-order chi connectivity index (χ0) is 25.5. The fourth-order valence-corrected chi connectivity index (χ4v) is 3.72. The summed E-state index contributed by atoms with van der Waals surface area (Å²) in [7, 11) is 0. The molecule has 0 bridgehead atoms. The standard InChI is InChI=1S/C30H27FO5/c1-3-21-9-13-28(29(16-21)35-24-7-5-4-6-8-24)36-27-18-23(31)17-26(19-27)34-25-12-10-22(20(2)15-25)11-14-30(32)33/h4-10,12-13,15-19H,3,11,14H2,1-2H3,(H,32,33). The van der Waals surface area contributed by atoms with E-state index in [2.05, 4.69) is 6.92 Å². The Hall–Kier alpha value is -4.32. The van der Waals surface area contributed by atoms with Gasteiger partial charge in [0.25, 0.3) is 0 Å². The van der Waals surface area contributed by atoms with Gasteiger partial charge in [-0.1, -0.05) is 37.3 Å². The van der Waals surface area contributed by atoms with E-state index in [0.29, 0.717) is 29.4 Å². The van der Waals surface area contributed by atoms with Gasteiger partial charge in [-0.05, 0) is 72.9 Å². The van der Waals surface area contributed by atoms with Gasteiger partial charge in [0, 0.05) is 24.6 Å².